The van der Waals surface area contributed by atoms with Crippen LogP contribution in [0, 0.1) is 6.92 Å². The van der Waals surface area contributed by atoms with Crippen molar-refractivity contribution in [2.24, 2.45) is 0 Å². The number of amides is 2. The molecule has 116 valence electrons. The van der Waals surface area contributed by atoms with Gasteiger partial charge in [0.15, 0.2) is 5.11 Å². The summed E-state index contributed by atoms with van der Waals surface area (Å²) >= 11 is 4.95. The molecule has 1 aliphatic rings. The smallest absolute Gasteiger partial charge is 0.265 e. The van der Waals surface area contributed by atoms with Gasteiger partial charge in [0.25, 0.3) is 11.8 Å². The number of para-hydroxylation sites is 1. The fraction of sp³-hybridized carbons (Fsp3) is 0.118. The minimum Gasteiger partial charge on any atom is -0.314 e. The van der Waals surface area contributed by atoms with Crippen LogP contribution in [0.25, 0.3) is 11.8 Å². The zero-order valence-electron chi connectivity index (χ0n) is 12.7. The molecule has 2 aromatic rings. The summed E-state index contributed by atoms with van der Waals surface area (Å²) in [7, 11) is 1.54. The first kappa shape index (κ1) is 15.2. The standard InChI is InChI=1S/C17H15N3O2S/c1-11-8-9-13(20(11)12-6-4-3-5-7-12)10-14-15(21)18-17(23)19(2)16(14)22/h3-10H,1-2H3,(H,18,21,23)/b14-10+. The van der Waals surface area contributed by atoms with Crippen LogP contribution < -0.4 is 5.32 Å². The summed E-state index contributed by atoms with van der Waals surface area (Å²) in [6, 6.07) is 13.6. The van der Waals surface area contributed by atoms with Crippen molar-refractivity contribution in [3.05, 3.63) is 59.4 Å². The first-order valence-electron chi connectivity index (χ1n) is 7.08. The summed E-state index contributed by atoms with van der Waals surface area (Å²) in [5.74, 6) is -0.881. The maximum absolute atomic E-state index is 12.3. The van der Waals surface area contributed by atoms with Crippen LogP contribution in [0.5, 0.6) is 0 Å². The van der Waals surface area contributed by atoms with Crippen molar-refractivity contribution in [3.63, 3.8) is 0 Å². The Morgan fingerprint density at radius 3 is 2.48 bits per heavy atom. The fourth-order valence-electron chi connectivity index (χ4n) is 2.49. The van der Waals surface area contributed by atoms with Crippen molar-refractivity contribution < 1.29 is 9.59 Å². The predicted octanol–water partition coefficient (Wildman–Crippen LogP) is 2.04. The highest BCUT2D eigenvalue weighted by molar-refractivity contribution is 7.80. The van der Waals surface area contributed by atoms with E-state index in [2.05, 4.69) is 5.32 Å². The van der Waals surface area contributed by atoms with Gasteiger partial charge < -0.3 is 4.57 Å². The second-order valence-corrected chi connectivity index (χ2v) is 5.64. The Morgan fingerprint density at radius 1 is 1.09 bits per heavy atom. The first-order chi connectivity index (χ1) is 11.0. The number of aromatic nitrogens is 1. The second-order valence-electron chi connectivity index (χ2n) is 5.25. The molecule has 0 aliphatic carbocycles. The van der Waals surface area contributed by atoms with Gasteiger partial charge in [-0.2, -0.15) is 0 Å². The van der Waals surface area contributed by atoms with Crippen LogP contribution in [-0.4, -0.2) is 33.4 Å². The van der Waals surface area contributed by atoms with Gasteiger partial charge in [-0.05, 0) is 49.5 Å². The quantitative estimate of drug-likeness (QED) is 0.522. The summed E-state index contributed by atoms with van der Waals surface area (Å²) < 4.78 is 1.99. The number of thiocarbonyl (C=S) groups is 1. The maximum Gasteiger partial charge on any atom is 0.265 e. The van der Waals surface area contributed by atoms with Crippen LogP contribution in [0.3, 0.4) is 0 Å². The number of aryl methyl sites for hydroxylation is 1. The highest BCUT2D eigenvalue weighted by atomic mass is 32.1. The highest BCUT2D eigenvalue weighted by Crippen LogP contribution is 2.20. The van der Waals surface area contributed by atoms with Gasteiger partial charge in [-0.3, -0.25) is 19.8 Å². The van der Waals surface area contributed by atoms with Gasteiger partial charge in [-0.25, -0.2) is 0 Å². The van der Waals surface area contributed by atoms with E-state index in [9.17, 15) is 9.59 Å². The predicted molar refractivity (Wildman–Crippen MR) is 92.0 cm³/mol. The molecule has 0 bridgehead atoms. The van der Waals surface area contributed by atoms with E-state index >= 15 is 0 Å². The third-order valence-corrected chi connectivity index (χ3v) is 4.09. The molecule has 0 unspecified atom stereocenters. The normalized spacial score (nSPS) is 16.9. The molecule has 1 aromatic heterocycles. The van der Waals surface area contributed by atoms with Gasteiger partial charge in [0.2, 0.25) is 0 Å². The van der Waals surface area contributed by atoms with Crippen molar-refractivity contribution in [2.75, 3.05) is 7.05 Å². The number of hydrogen-bond donors (Lipinski definition) is 1. The van der Waals surface area contributed by atoms with Crippen LogP contribution in [0.2, 0.25) is 0 Å². The lowest BCUT2D eigenvalue weighted by atomic mass is 10.1. The van der Waals surface area contributed by atoms with Gasteiger partial charge in [0.05, 0.1) is 0 Å². The molecular weight excluding hydrogens is 310 g/mol. The number of rotatable bonds is 2. The van der Waals surface area contributed by atoms with Crippen molar-refractivity contribution in [1.82, 2.24) is 14.8 Å². The molecule has 1 N–H and O–H groups in total. The molecule has 0 radical (unpaired) electrons. The van der Waals surface area contributed by atoms with Crippen molar-refractivity contribution in [1.29, 1.82) is 0 Å². The van der Waals surface area contributed by atoms with Gasteiger partial charge in [0.1, 0.15) is 5.57 Å². The number of nitrogens with one attached hydrogen (secondary N) is 1. The third-order valence-electron chi connectivity index (χ3n) is 3.72. The number of benzene rings is 1. The number of nitrogens with zero attached hydrogens (tertiary/aromatic N) is 2. The molecule has 0 atom stereocenters. The number of hydrogen-bond acceptors (Lipinski definition) is 3. The van der Waals surface area contributed by atoms with Crippen LogP contribution >= 0.6 is 12.2 Å². The number of likely N-dealkylation sites (N-methyl/N-ethyl adjacent to an activating group) is 1. The molecule has 1 saturated heterocycles. The Labute approximate surface area is 139 Å². The summed E-state index contributed by atoms with van der Waals surface area (Å²) in [6.45, 7) is 1.97. The lowest BCUT2D eigenvalue weighted by molar-refractivity contribution is -0.128. The Hall–Kier alpha value is -2.73. The van der Waals surface area contributed by atoms with Crippen molar-refractivity contribution >= 4 is 35.2 Å². The molecule has 3 rings (SSSR count). The van der Waals surface area contributed by atoms with Crippen LogP contribution in [-0.2, 0) is 9.59 Å². The third kappa shape index (κ3) is 2.68. The van der Waals surface area contributed by atoms with E-state index in [4.69, 9.17) is 12.2 Å². The number of carbonyl (C=O) groups excluding carboxylic acids is 2. The summed E-state index contributed by atoms with van der Waals surface area (Å²) in [6.07, 6.45) is 1.59. The molecule has 6 heteroatoms. The Balaban J connectivity index is 2.09. The topological polar surface area (TPSA) is 54.3 Å². The molecule has 0 saturated carbocycles. The SMILES string of the molecule is Cc1ccc(/C=C2\C(=O)NC(=S)N(C)C2=O)n1-c1ccccc1. The minimum absolute atomic E-state index is 0.0661. The van der Waals surface area contributed by atoms with E-state index in [1.807, 2.05) is 54.0 Å². The molecule has 2 amide bonds. The largest absolute Gasteiger partial charge is 0.314 e. The molecule has 23 heavy (non-hydrogen) atoms. The van der Waals surface area contributed by atoms with E-state index in [1.165, 1.54) is 4.90 Å². The van der Waals surface area contributed by atoms with E-state index in [-0.39, 0.29) is 10.7 Å². The molecule has 1 fully saturated rings. The lowest BCUT2D eigenvalue weighted by Crippen LogP contribution is -2.52. The highest BCUT2D eigenvalue weighted by Gasteiger charge is 2.31. The van der Waals surface area contributed by atoms with Gasteiger partial charge in [0, 0.05) is 24.1 Å². The summed E-state index contributed by atoms with van der Waals surface area (Å²) in [4.78, 5) is 25.7. The Morgan fingerprint density at radius 2 is 1.78 bits per heavy atom. The average Bonchev–Trinajstić information content (AvgIpc) is 2.91. The van der Waals surface area contributed by atoms with E-state index in [1.54, 1.807) is 13.1 Å². The van der Waals surface area contributed by atoms with Gasteiger partial charge in [-0.15, -0.1) is 0 Å². The minimum atomic E-state index is -0.475. The van der Waals surface area contributed by atoms with Gasteiger partial charge >= 0.3 is 0 Å². The molecule has 0 spiro atoms. The van der Waals surface area contributed by atoms with E-state index < -0.39 is 11.8 Å². The van der Waals surface area contributed by atoms with Crippen LogP contribution in [0.4, 0.5) is 0 Å². The number of carbonyl (C=O) groups is 2. The van der Waals surface area contributed by atoms with Crippen LogP contribution in [0.15, 0.2) is 48.0 Å². The Kier molecular flexibility index (Phi) is 3.83. The molecule has 2 heterocycles. The van der Waals surface area contributed by atoms with Crippen molar-refractivity contribution in [3.8, 4) is 5.69 Å². The Bertz CT molecular complexity index is 837. The molecule has 5 nitrogen and oxygen atoms in total. The molecule has 1 aromatic carbocycles. The summed E-state index contributed by atoms with van der Waals surface area (Å²) in [5, 5.41) is 2.63. The maximum atomic E-state index is 12.3. The zero-order valence-corrected chi connectivity index (χ0v) is 13.6. The molecule has 1 aliphatic heterocycles. The van der Waals surface area contributed by atoms with E-state index in [0.717, 1.165) is 17.1 Å². The average molecular weight is 325 g/mol. The second kappa shape index (κ2) is 5.81. The zero-order chi connectivity index (χ0) is 16.6. The summed E-state index contributed by atoms with van der Waals surface area (Å²) in [5.41, 5.74) is 2.80. The van der Waals surface area contributed by atoms with Crippen LogP contribution in [0.1, 0.15) is 11.4 Å². The first-order valence-corrected chi connectivity index (χ1v) is 7.48. The fourth-order valence-corrected chi connectivity index (χ4v) is 2.67. The lowest BCUT2D eigenvalue weighted by Gasteiger charge is -2.25. The van der Waals surface area contributed by atoms with Crippen molar-refractivity contribution in [2.45, 2.75) is 6.92 Å². The monoisotopic (exact) mass is 325 g/mol. The van der Waals surface area contributed by atoms with E-state index in [0.29, 0.717) is 0 Å². The molecular formula is C17H15N3O2S. The van der Waals surface area contributed by atoms with Gasteiger partial charge in [-0.1, -0.05) is 18.2 Å².